The van der Waals surface area contributed by atoms with Gasteiger partial charge in [-0.15, -0.1) is 0 Å². The first-order valence-corrected chi connectivity index (χ1v) is 5.74. The summed E-state index contributed by atoms with van der Waals surface area (Å²) in [6, 6.07) is 8.76. The molecule has 0 bridgehead atoms. The zero-order valence-corrected chi connectivity index (χ0v) is 10.4. The maximum absolute atomic E-state index is 13.0. The van der Waals surface area contributed by atoms with E-state index < -0.39 is 11.8 Å². The Morgan fingerprint density at radius 2 is 2.05 bits per heavy atom. The molecule has 0 atom stereocenters. The monoisotopic (exact) mass is 260 g/mol. The molecule has 0 radical (unpaired) electrons. The van der Waals surface area contributed by atoms with Gasteiger partial charge in [-0.25, -0.2) is 14.2 Å². The van der Waals surface area contributed by atoms with Gasteiger partial charge in [0.2, 0.25) is 0 Å². The van der Waals surface area contributed by atoms with Crippen molar-refractivity contribution in [3.63, 3.8) is 0 Å². The lowest BCUT2D eigenvalue weighted by Gasteiger charge is -2.08. The van der Waals surface area contributed by atoms with Crippen LogP contribution in [0.3, 0.4) is 0 Å². The van der Waals surface area contributed by atoms with E-state index in [2.05, 4.69) is 10.3 Å². The molecule has 5 heteroatoms. The Labute approximate surface area is 109 Å². The first-order valence-electron chi connectivity index (χ1n) is 5.74. The number of pyridine rings is 1. The molecule has 1 aromatic carbocycles. The number of hydrogen-bond acceptors (Lipinski definition) is 3. The number of carboxylic acids is 1. The van der Waals surface area contributed by atoms with Crippen LogP contribution in [0, 0.1) is 12.7 Å². The minimum absolute atomic E-state index is 0.162. The number of aromatic carboxylic acids is 1. The molecule has 0 fully saturated rings. The molecule has 0 saturated carbocycles. The minimum Gasteiger partial charge on any atom is -0.478 e. The normalized spacial score (nSPS) is 10.2. The Kier molecular flexibility index (Phi) is 3.75. The highest BCUT2D eigenvalue weighted by Gasteiger charge is 2.12. The standard InChI is InChI=1S/C14H13FN2O2/c1-9-2-4-10(5-3-9)7-16-13-12(14(18)19)6-11(15)8-17-13/h2-6,8H,7H2,1H3,(H,16,17)(H,18,19). The summed E-state index contributed by atoms with van der Waals surface area (Å²) in [4.78, 5) is 14.7. The van der Waals surface area contributed by atoms with Gasteiger partial charge >= 0.3 is 5.97 Å². The molecule has 0 unspecified atom stereocenters. The Bertz CT molecular complexity index is 597. The van der Waals surface area contributed by atoms with Crippen molar-refractivity contribution in [1.82, 2.24) is 4.98 Å². The van der Waals surface area contributed by atoms with Gasteiger partial charge in [-0.1, -0.05) is 29.8 Å². The van der Waals surface area contributed by atoms with Gasteiger partial charge in [0.25, 0.3) is 0 Å². The number of aryl methyl sites for hydroxylation is 1. The third-order valence-corrected chi connectivity index (χ3v) is 2.67. The number of anilines is 1. The van der Waals surface area contributed by atoms with Crippen molar-refractivity contribution in [2.45, 2.75) is 13.5 Å². The first kappa shape index (κ1) is 13.0. The maximum Gasteiger partial charge on any atom is 0.339 e. The number of nitrogens with one attached hydrogen (secondary N) is 1. The first-order chi connectivity index (χ1) is 9.06. The van der Waals surface area contributed by atoms with E-state index in [0.717, 1.165) is 23.4 Å². The predicted molar refractivity (Wildman–Crippen MR) is 69.7 cm³/mol. The highest BCUT2D eigenvalue weighted by molar-refractivity contribution is 5.93. The number of benzene rings is 1. The predicted octanol–water partition coefficient (Wildman–Crippen LogP) is 2.84. The van der Waals surface area contributed by atoms with Gasteiger partial charge in [-0.3, -0.25) is 0 Å². The summed E-state index contributed by atoms with van der Waals surface area (Å²) in [6.45, 7) is 2.42. The summed E-state index contributed by atoms with van der Waals surface area (Å²) in [7, 11) is 0. The number of halogens is 1. The van der Waals surface area contributed by atoms with Gasteiger partial charge in [0.1, 0.15) is 17.2 Å². The Morgan fingerprint density at radius 3 is 2.68 bits per heavy atom. The highest BCUT2D eigenvalue weighted by atomic mass is 19.1. The van der Waals surface area contributed by atoms with Crippen molar-refractivity contribution in [2.75, 3.05) is 5.32 Å². The average molecular weight is 260 g/mol. The summed E-state index contributed by atoms with van der Waals surface area (Å²) in [5, 5.41) is 11.9. The van der Waals surface area contributed by atoms with Gasteiger partial charge < -0.3 is 10.4 Å². The lowest BCUT2D eigenvalue weighted by molar-refractivity contribution is 0.0697. The van der Waals surface area contributed by atoms with E-state index in [9.17, 15) is 9.18 Å². The lowest BCUT2D eigenvalue weighted by atomic mass is 10.1. The molecule has 2 aromatic rings. The van der Waals surface area contributed by atoms with Crippen LogP contribution in [0.2, 0.25) is 0 Å². The summed E-state index contributed by atoms with van der Waals surface area (Å²) in [5.74, 6) is -1.72. The highest BCUT2D eigenvalue weighted by Crippen LogP contribution is 2.15. The van der Waals surface area contributed by atoms with E-state index in [1.54, 1.807) is 0 Å². The molecular formula is C14H13FN2O2. The molecule has 0 amide bonds. The van der Waals surface area contributed by atoms with E-state index >= 15 is 0 Å². The largest absolute Gasteiger partial charge is 0.478 e. The second kappa shape index (κ2) is 5.48. The molecule has 0 aliphatic rings. The topological polar surface area (TPSA) is 62.2 Å². The van der Waals surface area contributed by atoms with Crippen molar-refractivity contribution in [2.24, 2.45) is 0 Å². The third-order valence-electron chi connectivity index (χ3n) is 2.67. The quantitative estimate of drug-likeness (QED) is 0.887. The van der Waals surface area contributed by atoms with Gasteiger partial charge in [-0.05, 0) is 18.6 Å². The molecule has 4 nitrogen and oxygen atoms in total. The fourth-order valence-corrected chi connectivity index (χ4v) is 1.63. The van der Waals surface area contributed by atoms with Gasteiger partial charge in [-0.2, -0.15) is 0 Å². The zero-order chi connectivity index (χ0) is 13.8. The van der Waals surface area contributed by atoms with Gasteiger partial charge in [0.05, 0.1) is 6.20 Å². The van der Waals surface area contributed by atoms with Gasteiger partial charge in [0, 0.05) is 6.54 Å². The molecule has 19 heavy (non-hydrogen) atoms. The summed E-state index contributed by atoms with van der Waals surface area (Å²) < 4.78 is 13.0. The smallest absolute Gasteiger partial charge is 0.339 e. The van der Waals surface area contributed by atoms with Crippen molar-refractivity contribution in [1.29, 1.82) is 0 Å². The molecule has 1 aromatic heterocycles. The fourth-order valence-electron chi connectivity index (χ4n) is 1.63. The summed E-state index contributed by atoms with van der Waals surface area (Å²) >= 11 is 0. The van der Waals surface area contributed by atoms with Crippen molar-refractivity contribution < 1.29 is 14.3 Å². The van der Waals surface area contributed by atoms with E-state index in [4.69, 9.17) is 5.11 Å². The van der Waals surface area contributed by atoms with Crippen LogP contribution in [0.15, 0.2) is 36.5 Å². The zero-order valence-electron chi connectivity index (χ0n) is 10.4. The maximum atomic E-state index is 13.0. The molecule has 1 heterocycles. The summed E-state index contributed by atoms with van der Waals surface area (Å²) in [6.07, 6.45) is 0.990. The second-order valence-electron chi connectivity index (χ2n) is 4.19. The van der Waals surface area contributed by atoms with Crippen LogP contribution in [-0.4, -0.2) is 16.1 Å². The molecule has 0 aliphatic heterocycles. The third kappa shape index (κ3) is 3.28. The number of hydrogen-bond donors (Lipinski definition) is 2. The van der Waals surface area contributed by atoms with Crippen LogP contribution in [-0.2, 0) is 6.54 Å². The number of rotatable bonds is 4. The van der Waals surface area contributed by atoms with Crippen molar-refractivity contribution in [3.05, 3.63) is 59.0 Å². The molecule has 0 spiro atoms. The Morgan fingerprint density at radius 1 is 1.37 bits per heavy atom. The van der Waals surface area contributed by atoms with Crippen LogP contribution in [0.1, 0.15) is 21.5 Å². The SMILES string of the molecule is Cc1ccc(CNc2ncc(F)cc2C(=O)O)cc1. The number of aromatic nitrogens is 1. The fraction of sp³-hybridized carbons (Fsp3) is 0.143. The lowest BCUT2D eigenvalue weighted by Crippen LogP contribution is -2.09. The van der Waals surface area contributed by atoms with Crippen LogP contribution in [0.5, 0.6) is 0 Å². The number of carboxylic acid groups (broad SMARTS) is 1. The van der Waals surface area contributed by atoms with Crippen molar-refractivity contribution in [3.8, 4) is 0 Å². The molecule has 0 saturated heterocycles. The van der Waals surface area contributed by atoms with Crippen LogP contribution in [0.4, 0.5) is 10.2 Å². The average Bonchev–Trinajstić information content (AvgIpc) is 2.39. The molecular weight excluding hydrogens is 247 g/mol. The number of nitrogens with zero attached hydrogens (tertiary/aromatic N) is 1. The van der Waals surface area contributed by atoms with E-state index in [-0.39, 0.29) is 11.4 Å². The number of carbonyl (C=O) groups is 1. The Balaban J connectivity index is 2.15. The Hall–Kier alpha value is -2.43. The van der Waals surface area contributed by atoms with E-state index in [1.165, 1.54) is 0 Å². The molecule has 2 rings (SSSR count). The molecule has 2 N–H and O–H groups in total. The van der Waals surface area contributed by atoms with Crippen LogP contribution in [0.25, 0.3) is 0 Å². The van der Waals surface area contributed by atoms with Gasteiger partial charge in [0.15, 0.2) is 0 Å². The summed E-state index contributed by atoms with van der Waals surface area (Å²) in [5.41, 5.74) is 1.97. The van der Waals surface area contributed by atoms with Crippen molar-refractivity contribution >= 4 is 11.8 Å². The molecule has 0 aliphatic carbocycles. The molecule has 98 valence electrons. The second-order valence-corrected chi connectivity index (χ2v) is 4.19. The van der Waals surface area contributed by atoms with E-state index in [0.29, 0.717) is 6.54 Å². The minimum atomic E-state index is -1.21. The van der Waals surface area contributed by atoms with Crippen LogP contribution < -0.4 is 5.32 Å². The van der Waals surface area contributed by atoms with Crippen LogP contribution >= 0.6 is 0 Å². The van der Waals surface area contributed by atoms with E-state index in [1.807, 2.05) is 31.2 Å².